The Morgan fingerprint density at radius 3 is 1.10 bits per heavy atom. The molecule has 0 aliphatic heterocycles. The van der Waals surface area contributed by atoms with E-state index in [0.29, 0.717) is 0 Å². The van der Waals surface area contributed by atoms with E-state index in [2.05, 4.69) is 296 Å². The van der Waals surface area contributed by atoms with Crippen LogP contribution in [0, 0.1) is 27.7 Å². The molecule has 0 saturated carbocycles. The van der Waals surface area contributed by atoms with Crippen LogP contribution in [-0.4, -0.2) is 0 Å². The number of allylic oxidation sites excluding steroid dienone is 2. The van der Waals surface area contributed by atoms with Gasteiger partial charge in [-0.3, -0.25) is 0 Å². The summed E-state index contributed by atoms with van der Waals surface area (Å²) in [5, 5.41) is 3.95. The Morgan fingerprint density at radius 2 is 0.706 bits per heavy atom. The molecule has 68 heavy (non-hydrogen) atoms. The van der Waals surface area contributed by atoms with Gasteiger partial charge in [0, 0.05) is 56.9 Å². The quantitative estimate of drug-likeness (QED) is 0.125. The summed E-state index contributed by atoms with van der Waals surface area (Å²) < 4.78 is 0. The van der Waals surface area contributed by atoms with Crippen LogP contribution in [0.25, 0.3) is 5.57 Å². The van der Waals surface area contributed by atoms with Crippen LogP contribution in [0.2, 0.25) is 0 Å². The molecule has 0 bridgehead atoms. The number of anilines is 10. The third kappa shape index (κ3) is 9.36. The van der Waals surface area contributed by atoms with Crippen molar-refractivity contribution in [2.45, 2.75) is 39.7 Å². The third-order valence-corrected chi connectivity index (χ3v) is 12.9. The second-order valence-electron chi connectivity index (χ2n) is 18.0. The summed E-state index contributed by atoms with van der Waals surface area (Å²) in [6.07, 6.45) is 7.80. The number of para-hydroxylation sites is 2. The summed E-state index contributed by atoms with van der Waals surface area (Å²) in [5.74, 6) is 0. The molecule has 1 aliphatic rings. The molecule has 1 N–H and O–H groups in total. The first-order chi connectivity index (χ1) is 33.3. The number of aryl methyl sites for hydroxylation is 4. The molecule has 1 atom stereocenters. The molecule has 4 nitrogen and oxygen atoms in total. The average molecular weight is 881 g/mol. The van der Waals surface area contributed by atoms with E-state index in [-0.39, 0.29) is 0 Å². The van der Waals surface area contributed by atoms with E-state index in [1.807, 2.05) is 0 Å². The second-order valence-corrected chi connectivity index (χ2v) is 18.0. The number of benzene rings is 9. The van der Waals surface area contributed by atoms with Crippen LogP contribution < -0.4 is 20.0 Å². The van der Waals surface area contributed by atoms with E-state index in [1.165, 1.54) is 39.0 Å². The Labute approximate surface area is 402 Å². The Balaban J connectivity index is 0.944. The molecule has 9 aromatic carbocycles. The van der Waals surface area contributed by atoms with Crippen molar-refractivity contribution in [3.63, 3.8) is 0 Å². The largest absolute Gasteiger partial charge is 0.372 e. The number of hydrogen-bond acceptors (Lipinski definition) is 4. The molecule has 332 valence electrons. The molecule has 0 spiro atoms. The predicted octanol–water partition coefficient (Wildman–Crippen LogP) is 17.7. The summed E-state index contributed by atoms with van der Waals surface area (Å²) in [4.78, 5) is 7.02. The lowest BCUT2D eigenvalue weighted by Gasteiger charge is -2.36. The normalized spacial score (nSPS) is 14.2. The van der Waals surface area contributed by atoms with Gasteiger partial charge in [0.1, 0.15) is 0 Å². The first-order valence-corrected chi connectivity index (χ1v) is 23.5. The highest BCUT2D eigenvalue weighted by Crippen LogP contribution is 2.43. The molecule has 1 aliphatic carbocycles. The van der Waals surface area contributed by atoms with E-state index in [4.69, 9.17) is 0 Å². The molecular weight excluding hydrogens is 825 g/mol. The van der Waals surface area contributed by atoms with Crippen molar-refractivity contribution < 1.29 is 0 Å². The highest BCUT2D eigenvalue weighted by atomic mass is 15.2. The van der Waals surface area contributed by atoms with Crippen molar-refractivity contribution in [2.24, 2.45) is 0 Å². The maximum Gasteiger partial charge on any atom is 0.0847 e. The molecule has 1 unspecified atom stereocenters. The summed E-state index contributed by atoms with van der Waals surface area (Å²) in [7, 11) is 0. The average Bonchev–Trinajstić information content (AvgIpc) is 3.36. The van der Waals surface area contributed by atoms with Crippen molar-refractivity contribution in [1.82, 2.24) is 0 Å². The lowest BCUT2D eigenvalue weighted by Crippen LogP contribution is -2.34. The van der Waals surface area contributed by atoms with Crippen LogP contribution in [0.3, 0.4) is 0 Å². The fourth-order valence-corrected chi connectivity index (χ4v) is 9.46. The van der Waals surface area contributed by atoms with Gasteiger partial charge < -0.3 is 20.0 Å². The fraction of sp³-hybridized carbons (Fsp3) is 0.0938. The van der Waals surface area contributed by atoms with Gasteiger partial charge in [-0.1, -0.05) is 127 Å². The zero-order valence-corrected chi connectivity index (χ0v) is 39.2. The first kappa shape index (κ1) is 43.5. The first-order valence-electron chi connectivity index (χ1n) is 23.5. The Morgan fingerprint density at radius 1 is 0.353 bits per heavy atom. The van der Waals surface area contributed by atoms with Crippen molar-refractivity contribution in [1.29, 1.82) is 0 Å². The predicted molar refractivity (Wildman–Crippen MR) is 289 cm³/mol. The maximum atomic E-state index is 3.95. The van der Waals surface area contributed by atoms with Gasteiger partial charge in [0.15, 0.2) is 0 Å². The van der Waals surface area contributed by atoms with Crippen molar-refractivity contribution in [2.75, 3.05) is 20.0 Å². The molecular formula is C64H56N4. The monoisotopic (exact) mass is 880 g/mol. The molecule has 4 heteroatoms. The number of hydrogen-bond donors (Lipinski definition) is 1. The molecule has 0 fully saturated rings. The van der Waals surface area contributed by atoms with Crippen LogP contribution in [0.15, 0.2) is 249 Å². The van der Waals surface area contributed by atoms with E-state index in [9.17, 15) is 0 Å². The lowest BCUT2D eigenvalue weighted by atomic mass is 9.80. The summed E-state index contributed by atoms with van der Waals surface area (Å²) in [6, 6.07) is 83.1. The minimum absolute atomic E-state index is 0.453. The van der Waals surface area contributed by atoms with Gasteiger partial charge in [-0.05, 0) is 194 Å². The molecule has 0 amide bonds. The highest BCUT2D eigenvalue weighted by Gasteiger charge is 2.31. The molecule has 0 heterocycles. The van der Waals surface area contributed by atoms with E-state index in [0.717, 1.165) is 63.3 Å². The highest BCUT2D eigenvalue weighted by molar-refractivity contribution is 5.84. The Bertz CT molecular complexity index is 3120. The van der Waals surface area contributed by atoms with E-state index < -0.39 is 5.54 Å². The number of rotatable bonds is 13. The van der Waals surface area contributed by atoms with Crippen molar-refractivity contribution in [3.8, 4) is 0 Å². The van der Waals surface area contributed by atoms with Gasteiger partial charge in [0.25, 0.3) is 0 Å². The van der Waals surface area contributed by atoms with Gasteiger partial charge in [-0.2, -0.15) is 0 Å². The minimum atomic E-state index is -0.453. The van der Waals surface area contributed by atoms with Crippen LogP contribution in [-0.2, 0) is 5.54 Å². The molecule has 0 radical (unpaired) electrons. The van der Waals surface area contributed by atoms with Gasteiger partial charge in [-0.25, -0.2) is 0 Å². The van der Waals surface area contributed by atoms with Crippen LogP contribution in [0.4, 0.5) is 56.9 Å². The fourth-order valence-electron chi connectivity index (χ4n) is 9.46. The van der Waals surface area contributed by atoms with Crippen molar-refractivity contribution in [3.05, 3.63) is 282 Å². The van der Waals surface area contributed by atoms with Crippen LogP contribution >= 0.6 is 0 Å². The van der Waals surface area contributed by atoms with Crippen molar-refractivity contribution >= 4 is 62.4 Å². The van der Waals surface area contributed by atoms with Crippen LogP contribution in [0.1, 0.15) is 39.8 Å². The molecule has 10 rings (SSSR count). The van der Waals surface area contributed by atoms with Gasteiger partial charge in [-0.15, -0.1) is 0 Å². The van der Waals surface area contributed by atoms with Gasteiger partial charge >= 0.3 is 0 Å². The third-order valence-electron chi connectivity index (χ3n) is 12.9. The Hall–Kier alpha value is -8.34. The standard InChI is InChI=1S/C64H56N4/c1-47-15-11-23-60(43-47)67(61-24-12-16-48(2)44-61)57-33-29-53(30-34-57)64(65-54-19-7-5-8-20-54)41-39-52(40-42-64)51-27-31-56(32-28-51)66(55-21-9-6-10-22-55)58-35-37-59(38-36-58)68(62-25-13-17-49(3)45-62)63-26-14-18-50(4)46-63/h5-41,43-46,65H,42H2,1-4H3. The SMILES string of the molecule is Cc1cccc(N(c2ccc(N(c3ccccc3)c3ccc(C4=CCC(Nc5ccccc5)(c5ccc(N(c6cccc(C)c6)c6cccc(C)c6)cc5)C=C4)cc3)cc2)c2cccc(C)c2)c1. The summed E-state index contributed by atoms with van der Waals surface area (Å²) in [5.41, 5.74) is 19.1. The number of nitrogens with one attached hydrogen (secondary N) is 1. The van der Waals surface area contributed by atoms with E-state index >= 15 is 0 Å². The van der Waals surface area contributed by atoms with Gasteiger partial charge in [0.2, 0.25) is 0 Å². The number of nitrogens with zero attached hydrogens (tertiary/aromatic N) is 3. The molecule has 0 saturated heterocycles. The van der Waals surface area contributed by atoms with E-state index in [1.54, 1.807) is 0 Å². The van der Waals surface area contributed by atoms with Crippen LogP contribution in [0.5, 0.6) is 0 Å². The minimum Gasteiger partial charge on any atom is -0.372 e. The molecule has 0 aromatic heterocycles. The smallest absolute Gasteiger partial charge is 0.0847 e. The lowest BCUT2D eigenvalue weighted by molar-refractivity contribution is 0.620. The zero-order chi connectivity index (χ0) is 46.5. The zero-order valence-electron chi connectivity index (χ0n) is 39.2. The summed E-state index contributed by atoms with van der Waals surface area (Å²) in [6.45, 7) is 8.60. The molecule has 9 aromatic rings. The van der Waals surface area contributed by atoms with Gasteiger partial charge in [0.05, 0.1) is 5.54 Å². The topological polar surface area (TPSA) is 21.8 Å². The second kappa shape index (κ2) is 19.2. The maximum absolute atomic E-state index is 3.95. The summed E-state index contributed by atoms with van der Waals surface area (Å²) >= 11 is 0. The Kier molecular flexibility index (Phi) is 12.3.